The van der Waals surface area contributed by atoms with Crippen LogP contribution in [0.25, 0.3) is 76.8 Å². The van der Waals surface area contributed by atoms with Gasteiger partial charge in [-0.25, -0.2) is 0 Å². The van der Waals surface area contributed by atoms with E-state index in [2.05, 4.69) is 172 Å². The van der Waals surface area contributed by atoms with Gasteiger partial charge in [0.05, 0.1) is 0 Å². The maximum absolute atomic E-state index is 2.44. The van der Waals surface area contributed by atoms with Crippen molar-refractivity contribution >= 4 is 32.3 Å². The summed E-state index contributed by atoms with van der Waals surface area (Å²) < 4.78 is 0. The van der Waals surface area contributed by atoms with Crippen molar-refractivity contribution in [2.45, 2.75) is 26.2 Å². The Balaban J connectivity index is 1.30. The van der Waals surface area contributed by atoms with Crippen LogP contribution in [0.3, 0.4) is 0 Å². The molecule has 46 heavy (non-hydrogen) atoms. The Kier molecular flexibility index (Phi) is 5.86. The molecule has 0 bridgehead atoms. The van der Waals surface area contributed by atoms with Crippen molar-refractivity contribution in [3.8, 4) is 44.5 Å². The van der Waals surface area contributed by atoms with Gasteiger partial charge in [0.15, 0.2) is 0 Å². The molecular weight excluding hydrogens is 553 g/mol. The fraction of sp³-hybridized carbons (Fsp3) is 0.0870. The quantitative estimate of drug-likeness (QED) is 0.181. The third-order valence-corrected chi connectivity index (χ3v) is 10.4. The lowest BCUT2D eigenvalue weighted by Crippen LogP contribution is -2.14. The van der Waals surface area contributed by atoms with Crippen LogP contribution in [0.2, 0.25) is 0 Å². The smallest absolute Gasteiger partial charge is 0.0159 e. The molecule has 0 saturated heterocycles. The normalized spacial score (nSPS) is 13.3. The molecule has 0 saturated carbocycles. The Morgan fingerprint density at radius 3 is 1.46 bits per heavy atom. The maximum Gasteiger partial charge on any atom is 0.0159 e. The Bertz CT molecular complexity index is 2430. The number of fused-ring (bicyclic) bond motifs is 6. The fourth-order valence-corrected chi connectivity index (χ4v) is 8.09. The zero-order valence-electron chi connectivity index (χ0n) is 26.4. The highest BCUT2D eigenvalue weighted by Gasteiger charge is 2.35. The summed E-state index contributed by atoms with van der Waals surface area (Å²) in [7, 11) is 0. The summed E-state index contributed by atoms with van der Waals surface area (Å²) in [5.74, 6) is 0. The third kappa shape index (κ3) is 3.87. The van der Waals surface area contributed by atoms with E-state index in [4.69, 9.17) is 0 Å². The number of hydrogen-bond acceptors (Lipinski definition) is 0. The van der Waals surface area contributed by atoms with Crippen LogP contribution >= 0.6 is 0 Å². The first-order valence-corrected chi connectivity index (χ1v) is 16.3. The van der Waals surface area contributed by atoms with E-state index in [9.17, 15) is 0 Å². The second-order valence-corrected chi connectivity index (χ2v) is 13.3. The Hall–Kier alpha value is -5.46. The molecule has 0 aliphatic heterocycles. The average Bonchev–Trinajstić information content (AvgIpc) is 3.33. The maximum atomic E-state index is 2.44. The van der Waals surface area contributed by atoms with E-state index in [-0.39, 0.29) is 5.41 Å². The van der Waals surface area contributed by atoms with Crippen molar-refractivity contribution in [3.63, 3.8) is 0 Å². The Morgan fingerprint density at radius 1 is 0.348 bits per heavy atom. The van der Waals surface area contributed by atoms with Crippen LogP contribution in [-0.4, -0.2) is 0 Å². The molecule has 0 unspecified atom stereocenters. The number of benzene rings is 8. The molecule has 218 valence electrons. The first-order chi connectivity index (χ1) is 22.5. The van der Waals surface area contributed by atoms with Crippen LogP contribution in [0.5, 0.6) is 0 Å². The summed E-state index contributed by atoms with van der Waals surface area (Å²) in [5.41, 5.74) is 14.5. The molecule has 0 N–H and O–H groups in total. The molecular formula is C46H34. The van der Waals surface area contributed by atoms with E-state index in [0.717, 1.165) is 0 Å². The summed E-state index contributed by atoms with van der Waals surface area (Å²) in [5, 5.41) is 7.70. The van der Waals surface area contributed by atoms with Gasteiger partial charge in [0.2, 0.25) is 0 Å². The standard InChI is InChI=1S/C46H34/c1-29-20-22-30(23-21-29)44-37-15-6-8-17-39(37)45(40-18-9-7-16-38(40)44)41-27-26-32(33-12-4-5-13-34(33)41)31-24-25-36-35-14-10-11-19-42(35)46(2,3)43(36)28-31/h4-28H,1-3H3. The molecule has 1 aliphatic carbocycles. The van der Waals surface area contributed by atoms with E-state index in [1.54, 1.807) is 0 Å². The van der Waals surface area contributed by atoms with Crippen molar-refractivity contribution in [1.29, 1.82) is 0 Å². The zero-order chi connectivity index (χ0) is 31.0. The zero-order valence-corrected chi connectivity index (χ0v) is 26.4. The average molecular weight is 587 g/mol. The van der Waals surface area contributed by atoms with Gasteiger partial charge in [0.1, 0.15) is 0 Å². The predicted octanol–water partition coefficient (Wildman–Crippen LogP) is 12.8. The topological polar surface area (TPSA) is 0 Å². The van der Waals surface area contributed by atoms with Crippen molar-refractivity contribution in [1.82, 2.24) is 0 Å². The highest BCUT2D eigenvalue weighted by atomic mass is 14.4. The molecule has 0 aromatic heterocycles. The second-order valence-electron chi connectivity index (χ2n) is 13.3. The molecule has 0 atom stereocenters. The SMILES string of the molecule is Cc1ccc(-c2c3ccccc3c(-c3ccc(-c4ccc5c(c4)C(C)(C)c4ccccc4-5)c4ccccc34)c3ccccc23)cc1. The minimum absolute atomic E-state index is 0.0330. The molecule has 0 radical (unpaired) electrons. The molecule has 8 aromatic carbocycles. The predicted molar refractivity (Wildman–Crippen MR) is 198 cm³/mol. The summed E-state index contributed by atoms with van der Waals surface area (Å²) >= 11 is 0. The molecule has 0 fully saturated rings. The van der Waals surface area contributed by atoms with Gasteiger partial charge in [0.25, 0.3) is 0 Å². The first-order valence-electron chi connectivity index (χ1n) is 16.3. The molecule has 8 aromatic rings. The van der Waals surface area contributed by atoms with Crippen molar-refractivity contribution in [2.24, 2.45) is 0 Å². The summed E-state index contributed by atoms with van der Waals surface area (Å²) in [6.07, 6.45) is 0. The van der Waals surface area contributed by atoms with Gasteiger partial charge < -0.3 is 0 Å². The molecule has 0 heterocycles. The van der Waals surface area contributed by atoms with Gasteiger partial charge in [0, 0.05) is 5.41 Å². The van der Waals surface area contributed by atoms with Crippen molar-refractivity contribution < 1.29 is 0 Å². The van der Waals surface area contributed by atoms with Gasteiger partial charge >= 0.3 is 0 Å². The summed E-state index contributed by atoms with van der Waals surface area (Å²) in [6.45, 7) is 6.87. The molecule has 1 aliphatic rings. The van der Waals surface area contributed by atoms with Crippen LogP contribution in [0.1, 0.15) is 30.5 Å². The van der Waals surface area contributed by atoms with Crippen LogP contribution in [0.15, 0.2) is 152 Å². The monoisotopic (exact) mass is 586 g/mol. The van der Waals surface area contributed by atoms with E-state index >= 15 is 0 Å². The Morgan fingerprint density at radius 2 is 0.804 bits per heavy atom. The summed E-state index contributed by atoms with van der Waals surface area (Å²) in [4.78, 5) is 0. The summed E-state index contributed by atoms with van der Waals surface area (Å²) in [6, 6.07) is 56.5. The number of hydrogen-bond donors (Lipinski definition) is 0. The number of rotatable bonds is 3. The van der Waals surface area contributed by atoms with E-state index in [1.165, 1.54) is 93.5 Å². The lowest BCUT2D eigenvalue weighted by molar-refractivity contribution is 0.660. The molecule has 0 spiro atoms. The van der Waals surface area contributed by atoms with E-state index in [1.807, 2.05) is 0 Å². The van der Waals surface area contributed by atoms with E-state index < -0.39 is 0 Å². The Labute approximate surface area is 270 Å². The number of aryl methyl sites for hydroxylation is 1. The van der Waals surface area contributed by atoms with Crippen LogP contribution in [0, 0.1) is 6.92 Å². The minimum atomic E-state index is -0.0330. The van der Waals surface area contributed by atoms with Gasteiger partial charge in [-0.1, -0.05) is 165 Å². The third-order valence-electron chi connectivity index (χ3n) is 10.4. The minimum Gasteiger partial charge on any atom is -0.0619 e. The lowest BCUT2D eigenvalue weighted by Gasteiger charge is -2.22. The van der Waals surface area contributed by atoms with Crippen molar-refractivity contribution in [3.05, 3.63) is 168 Å². The van der Waals surface area contributed by atoms with Crippen molar-refractivity contribution in [2.75, 3.05) is 0 Å². The first kappa shape index (κ1) is 26.9. The fourth-order valence-electron chi connectivity index (χ4n) is 8.09. The van der Waals surface area contributed by atoms with Gasteiger partial charge in [-0.15, -0.1) is 0 Å². The molecule has 0 heteroatoms. The second kappa shape index (κ2) is 10.0. The largest absolute Gasteiger partial charge is 0.0619 e. The lowest BCUT2D eigenvalue weighted by atomic mass is 9.81. The van der Waals surface area contributed by atoms with Gasteiger partial charge in [-0.05, 0) is 101 Å². The van der Waals surface area contributed by atoms with Crippen LogP contribution in [-0.2, 0) is 5.41 Å². The highest BCUT2D eigenvalue weighted by Crippen LogP contribution is 2.51. The molecule has 0 amide bonds. The highest BCUT2D eigenvalue weighted by molar-refractivity contribution is 6.24. The van der Waals surface area contributed by atoms with Crippen LogP contribution < -0.4 is 0 Å². The van der Waals surface area contributed by atoms with E-state index in [0.29, 0.717) is 0 Å². The van der Waals surface area contributed by atoms with Gasteiger partial charge in [-0.3, -0.25) is 0 Å². The molecule has 0 nitrogen and oxygen atoms in total. The van der Waals surface area contributed by atoms with Gasteiger partial charge in [-0.2, -0.15) is 0 Å². The van der Waals surface area contributed by atoms with Crippen LogP contribution in [0.4, 0.5) is 0 Å². The molecule has 9 rings (SSSR count).